The maximum absolute atomic E-state index is 9.78. The number of rotatable bonds is 9. The Labute approximate surface area is 104 Å². The van der Waals surface area contributed by atoms with Gasteiger partial charge >= 0.3 is 0 Å². The summed E-state index contributed by atoms with van der Waals surface area (Å²) in [5.74, 6) is 0. The molecule has 1 aromatic rings. The number of aliphatic hydroxyl groups excluding tert-OH is 1. The number of aliphatic hydroxyl groups is 1. The van der Waals surface area contributed by atoms with Gasteiger partial charge in [-0.2, -0.15) is 0 Å². The molecule has 0 radical (unpaired) electrons. The second-order valence-corrected chi connectivity index (χ2v) is 5.51. The van der Waals surface area contributed by atoms with Crippen molar-refractivity contribution in [1.82, 2.24) is 0 Å². The van der Waals surface area contributed by atoms with Crippen molar-refractivity contribution in [2.75, 3.05) is 0 Å². The van der Waals surface area contributed by atoms with Gasteiger partial charge in [0.15, 0.2) is 0 Å². The van der Waals surface area contributed by atoms with Crippen molar-refractivity contribution in [2.24, 2.45) is 0 Å². The van der Waals surface area contributed by atoms with Crippen LogP contribution >= 0.6 is 11.3 Å². The summed E-state index contributed by atoms with van der Waals surface area (Å²) in [5.41, 5.74) is 0. The lowest BCUT2D eigenvalue weighted by atomic mass is 10.0. The standard InChI is InChI=1S/C14H24OS/c1-2-3-4-5-8-13(15)9-6-10-14-11-7-12-16-14/h7,11-13,15H,2-6,8-10H2,1H3. The minimum Gasteiger partial charge on any atom is -0.393 e. The van der Waals surface area contributed by atoms with E-state index in [0.29, 0.717) is 0 Å². The number of thiophene rings is 1. The van der Waals surface area contributed by atoms with E-state index in [0.717, 1.165) is 25.7 Å². The molecule has 0 amide bonds. The SMILES string of the molecule is CCCCCCC(O)CCCc1cccs1. The molecular weight excluding hydrogens is 216 g/mol. The molecule has 0 spiro atoms. The third-order valence-electron chi connectivity index (χ3n) is 2.93. The van der Waals surface area contributed by atoms with Gasteiger partial charge in [-0.25, -0.2) is 0 Å². The molecule has 1 nitrogen and oxygen atoms in total. The van der Waals surface area contributed by atoms with Crippen LogP contribution in [0, 0.1) is 0 Å². The smallest absolute Gasteiger partial charge is 0.0540 e. The Bertz CT molecular complexity index is 243. The van der Waals surface area contributed by atoms with Crippen LogP contribution in [0.3, 0.4) is 0 Å². The van der Waals surface area contributed by atoms with Gasteiger partial charge in [-0.05, 0) is 37.1 Å². The molecule has 0 aliphatic carbocycles. The molecule has 0 aliphatic heterocycles. The number of unbranched alkanes of at least 4 members (excludes halogenated alkanes) is 3. The van der Waals surface area contributed by atoms with Crippen LogP contribution in [0.1, 0.15) is 56.7 Å². The molecule has 1 unspecified atom stereocenters. The third-order valence-corrected chi connectivity index (χ3v) is 3.87. The first kappa shape index (κ1) is 13.7. The summed E-state index contributed by atoms with van der Waals surface area (Å²) in [4.78, 5) is 1.44. The van der Waals surface area contributed by atoms with Crippen molar-refractivity contribution in [1.29, 1.82) is 0 Å². The predicted octanol–water partition coefficient (Wildman–Crippen LogP) is 4.40. The highest BCUT2D eigenvalue weighted by Gasteiger charge is 2.04. The Morgan fingerprint density at radius 3 is 2.69 bits per heavy atom. The summed E-state index contributed by atoms with van der Waals surface area (Å²) in [6, 6.07) is 4.28. The quantitative estimate of drug-likeness (QED) is 0.634. The van der Waals surface area contributed by atoms with Gasteiger partial charge in [-0.15, -0.1) is 11.3 Å². The Hall–Kier alpha value is -0.340. The largest absolute Gasteiger partial charge is 0.393 e. The highest BCUT2D eigenvalue weighted by Crippen LogP contribution is 2.15. The molecule has 1 rings (SSSR count). The summed E-state index contributed by atoms with van der Waals surface area (Å²) in [7, 11) is 0. The Morgan fingerprint density at radius 1 is 1.19 bits per heavy atom. The molecule has 92 valence electrons. The zero-order valence-corrected chi connectivity index (χ0v) is 11.1. The number of hydrogen-bond acceptors (Lipinski definition) is 2. The third kappa shape index (κ3) is 6.29. The van der Waals surface area contributed by atoms with Gasteiger partial charge in [-0.1, -0.05) is 38.7 Å². The summed E-state index contributed by atoms with van der Waals surface area (Å²) in [5, 5.41) is 11.9. The van der Waals surface area contributed by atoms with Crippen LogP contribution in [0.25, 0.3) is 0 Å². The van der Waals surface area contributed by atoms with Gasteiger partial charge in [0.2, 0.25) is 0 Å². The monoisotopic (exact) mass is 240 g/mol. The van der Waals surface area contributed by atoms with E-state index in [4.69, 9.17) is 0 Å². The van der Waals surface area contributed by atoms with Crippen molar-refractivity contribution < 1.29 is 5.11 Å². The molecule has 0 saturated carbocycles. The molecule has 0 fully saturated rings. The highest BCUT2D eigenvalue weighted by molar-refractivity contribution is 7.09. The van der Waals surface area contributed by atoms with Crippen LogP contribution < -0.4 is 0 Å². The average Bonchev–Trinajstić information content (AvgIpc) is 2.77. The van der Waals surface area contributed by atoms with Crippen LogP contribution in [-0.4, -0.2) is 11.2 Å². The zero-order valence-electron chi connectivity index (χ0n) is 10.3. The summed E-state index contributed by atoms with van der Waals surface area (Å²) < 4.78 is 0. The second kappa shape index (κ2) is 8.77. The van der Waals surface area contributed by atoms with Gasteiger partial charge in [0.05, 0.1) is 6.10 Å². The maximum Gasteiger partial charge on any atom is 0.0540 e. The molecule has 1 heterocycles. The van der Waals surface area contributed by atoms with E-state index >= 15 is 0 Å². The zero-order chi connectivity index (χ0) is 11.6. The fourth-order valence-corrected chi connectivity index (χ4v) is 2.67. The fourth-order valence-electron chi connectivity index (χ4n) is 1.92. The van der Waals surface area contributed by atoms with E-state index in [1.165, 1.54) is 30.6 Å². The van der Waals surface area contributed by atoms with E-state index in [-0.39, 0.29) is 6.10 Å². The van der Waals surface area contributed by atoms with E-state index in [9.17, 15) is 5.11 Å². The summed E-state index contributed by atoms with van der Waals surface area (Å²) >= 11 is 1.82. The van der Waals surface area contributed by atoms with E-state index in [1.54, 1.807) is 0 Å². The average molecular weight is 240 g/mol. The first-order valence-electron chi connectivity index (χ1n) is 6.53. The normalized spacial score (nSPS) is 12.9. The summed E-state index contributed by atoms with van der Waals surface area (Å²) in [6.45, 7) is 2.22. The molecule has 1 atom stereocenters. The van der Waals surface area contributed by atoms with E-state index < -0.39 is 0 Å². The molecule has 1 N–H and O–H groups in total. The molecule has 0 aromatic carbocycles. The van der Waals surface area contributed by atoms with Crippen LogP contribution in [-0.2, 0) is 6.42 Å². The first-order valence-corrected chi connectivity index (χ1v) is 7.41. The minimum absolute atomic E-state index is 0.0724. The van der Waals surface area contributed by atoms with Crippen molar-refractivity contribution >= 4 is 11.3 Å². The number of aryl methyl sites for hydroxylation is 1. The number of hydrogen-bond donors (Lipinski definition) is 1. The van der Waals surface area contributed by atoms with Gasteiger partial charge in [0, 0.05) is 4.88 Å². The molecular formula is C14H24OS. The Morgan fingerprint density at radius 2 is 2.00 bits per heavy atom. The Kier molecular flexibility index (Phi) is 7.52. The lowest BCUT2D eigenvalue weighted by Crippen LogP contribution is -2.06. The van der Waals surface area contributed by atoms with E-state index in [1.807, 2.05) is 11.3 Å². The van der Waals surface area contributed by atoms with Gasteiger partial charge < -0.3 is 5.11 Å². The minimum atomic E-state index is -0.0724. The Balaban J connectivity index is 1.95. The predicted molar refractivity (Wildman–Crippen MR) is 72.0 cm³/mol. The van der Waals surface area contributed by atoms with E-state index in [2.05, 4.69) is 24.4 Å². The van der Waals surface area contributed by atoms with Gasteiger partial charge in [0.25, 0.3) is 0 Å². The lowest BCUT2D eigenvalue weighted by molar-refractivity contribution is 0.148. The van der Waals surface area contributed by atoms with Crippen LogP contribution in [0.15, 0.2) is 17.5 Å². The topological polar surface area (TPSA) is 20.2 Å². The van der Waals surface area contributed by atoms with Gasteiger partial charge in [-0.3, -0.25) is 0 Å². The molecule has 0 bridgehead atoms. The van der Waals surface area contributed by atoms with Crippen LogP contribution in [0.4, 0.5) is 0 Å². The molecule has 1 aromatic heterocycles. The van der Waals surface area contributed by atoms with Crippen molar-refractivity contribution in [3.8, 4) is 0 Å². The molecule has 0 aliphatic rings. The highest BCUT2D eigenvalue weighted by atomic mass is 32.1. The van der Waals surface area contributed by atoms with Crippen molar-refractivity contribution in [3.05, 3.63) is 22.4 Å². The van der Waals surface area contributed by atoms with Crippen LogP contribution in [0.2, 0.25) is 0 Å². The summed E-state index contributed by atoms with van der Waals surface area (Å²) in [6.07, 6.45) is 9.17. The first-order chi connectivity index (χ1) is 7.83. The van der Waals surface area contributed by atoms with Gasteiger partial charge in [0.1, 0.15) is 0 Å². The van der Waals surface area contributed by atoms with Crippen LogP contribution in [0.5, 0.6) is 0 Å². The fraction of sp³-hybridized carbons (Fsp3) is 0.714. The maximum atomic E-state index is 9.78. The second-order valence-electron chi connectivity index (χ2n) is 4.47. The molecule has 2 heteroatoms. The molecule has 0 saturated heterocycles. The molecule has 16 heavy (non-hydrogen) atoms. The lowest BCUT2D eigenvalue weighted by Gasteiger charge is -2.09. The van der Waals surface area contributed by atoms with Crippen molar-refractivity contribution in [3.63, 3.8) is 0 Å². The van der Waals surface area contributed by atoms with Crippen molar-refractivity contribution in [2.45, 2.75) is 64.4 Å².